The Hall–Kier alpha value is -1.14. The SMILES string of the molecule is CC(C)NCCN(C)Cc1ccc(F)c(C(F)(F)F)c1. The molecule has 0 bridgehead atoms. The summed E-state index contributed by atoms with van der Waals surface area (Å²) >= 11 is 0. The van der Waals surface area contributed by atoms with Crippen molar-refractivity contribution < 1.29 is 17.6 Å². The summed E-state index contributed by atoms with van der Waals surface area (Å²) in [4.78, 5) is 1.89. The molecule has 6 heteroatoms. The highest BCUT2D eigenvalue weighted by molar-refractivity contribution is 5.27. The van der Waals surface area contributed by atoms with E-state index < -0.39 is 17.6 Å². The molecule has 1 N–H and O–H groups in total. The molecule has 0 unspecified atom stereocenters. The van der Waals surface area contributed by atoms with Crippen LogP contribution in [0.4, 0.5) is 17.6 Å². The number of hydrogen-bond donors (Lipinski definition) is 1. The van der Waals surface area contributed by atoms with Gasteiger partial charge in [0.2, 0.25) is 0 Å². The lowest BCUT2D eigenvalue weighted by Gasteiger charge is -2.19. The van der Waals surface area contributed by atoms with Crippen molar-refractivity contribution in [1.29, 1.82) is 0 Å². The standard InChI is InChI=1S/C14H20F4N2/c1-10(2)19-6-7-20(3)9-11-4-5-13(15)12(8-11)14(16,17)18/h4-5,8,10,19H,6-7,9H2,1-3H3. The predicted octanol–water partition coefficient (Wildman–Crippen LogP) is 3.27. The molecule has 0 spiro atoms. The molecular formula is C14H20F4N2. The molecule has 20 heavy (non-hydrogen) atoms. The summed E-state index contributed by atoms with van der Waals surface area (Å²) in [6, 6.07) is 3.50. The van der Waals surface area contributed by atoms with Crippen LogP contribution in [0.1, 0.15) is 25.0 Å². The number of likely N-dealkylation sites (N-methyl/N-ethyl adjacent to an activating group) is 1. The van der Waals surface area contributed by atoms with E-state index in [9.17, 15) is 17.6 Å². The molecule has 0 atom stereocenters. The van der Waals surface area contributed by atoms with E-state index in [2.05, 4.69) is 5.32 Å². The van der Waals surface area contributed by atoms with Gasteiger partial charge in [0, 0.05) is 25.7 Å². The normalized spacial score (nSPS) is 12.4. The number of benzene rings is 1. The van der Waals surface area contributed by atoms with Crippen LogP contribution in [0.15, 0.2) is 18.2 Å². The van der Waals surface area contributed by atoms with Crippen molar-refractivity contribution in [1.82, 2.24) is 10.2 Å². The van der Waals surface area contributed by atoms with E-state index in [1.165, 1.54) is 6.07 Å². The molecule has 1 aromatic carbocycles. The van der Waals surface area contributed by atoms with Crippen LogP contribution in [0.5, 0.6) is 0 Å². The summed E-state index contributed by atoms with van der Waals surface area (Å²) in [6.45, 7) is 5.85. The maximum absolute atomic E-state index is 13.2. The summed E-state index contributed by atoms with van der Waals surface area (Å²) in [7, 11) is 1.82. The third-order valence-corrected chi connectivity index (χ3v) is 2.83. The minimum atomic E-state index is -4.65. The minimum absolute atomic E-state index is 0.350. The maximum atomic E-state index is 13.2. The highest BCUT2D eigenvalue weighted by atomic mass is 19.4. The van der Waals surface area contributed by atoms with Gasteiger partial charge in [0.05, 0.1) is 5.56 Å². The molecule has 2 nitrogen and oxygen atoms in total. The van der Waals surface area contributed by atoms with Crippen LogP contribution in [0, 0.1) is 5.82 Å². The number of nitrogens with one attached hydrogen (secondary N) is 1. The molecule has 0 aliphatic rings. The maximum Gasteiger partial charge on any atom is 0.419 e. The molecule has 0 heterocycles. The summed E-state index contributed by atoms with van der Waals surface area (Å²) < 4.78 is 50.9. The predicted molar refractivity (Wildman–Crippen MR) is 70.9 cm³/mol. The Kier molecular flexibility index (Phi) is 5.95. The van der Waals surface area contributed by atoms with Gasteiger partial charge in [-0.3, -0.25) is 0 Å². The van der Waals surface area contributed by atoms with Crippen molar-refractivity contribution in [2.75, 3.05) is 20.1 Å². The van der Waals surface area contributed by atoms with Gasteiger partial charge in [-0.2, -0.15) is 13.2 Å². The Morgan fingerprint density at radius 1 is 1.25 bits per heavy atom. The van der Waals surface area contributed by atoms with Gasteiger partial charge in [-0.05, 0) is 24.7 Å². The summed E-state index contributed by atoms with van der Waals surface area (Å²) in [5, 5.41) is 3.23. The van der Waals surface area contributed by atoms with Gasteiger partial charge in [-0.25, -0.2) is 4.39 Å². The average molecular weight is 292 g/mol. The van der Waals surface area contributed by atoms with Gasteiger partial charge in [0.15, 0.2) is 0 Å². The Morgan fingerprint density at radius 2 is 1.90 bits per heavy atom. The molecule has 1 rings (SSSR count). The Balaban J connectivity index is 2.64. The van der Waals surface area contributed by atoms with E-state index in [0.29, 0.717) is 24.7 Å². The number of halogens is 4. The van der Waals surface area contributed by atoms with E-state index >= 15 is 0 Å². The topological polar surface area (TPSA) is 15.3 Å². The second-order valence-electron chi connectivity index (χ2n) is 5.16. The Bertz CT molecular complexity index is 430. The molecule has 0 fully saturated rings. The van der Waals surface area contributed by atoms with Crippen LogP contribution in [0.3, 0.4) is 0 Å². The summed E-state index contributed by atoms with van der Waals surface area (Å²) in [6.07, 6.45) is -4.65. The Labute approximate surface area is 116 Å². The van der Waals surface area contributed by atoms with Gasteiger partial charge in [-0.1, -0.05) is 19.9 Å². The molecule has 0 aliphatic carbocycles. The van der Waals surface area contributed by atoms with Crippen molar-refractivity contribution in [3.05, 3.63) is 35.1 Å². The Morgan fingerprint density at radius 3 is 2.45 bits per heavy atom. The third-order valence-electron chi connectivity index (χ3n) is 2.83. The highest BCUT2D eigenvalue weighted by Gasteiger charge is 2.34. The second kappa shape index (κ2) is 7.04. The van der Waals surface area contributed by atoms with Crippen molar-refractivity contribution in [2.24, 2.45) is 0 Å². The third kappa shape index (κ3) is 5.46. The van der Waals surface area contributed by atoms with Gasteiger partial charge in [0.1, 0.15) is 5.82 Å². The molecule has 0 saturated heterocycles. The quantitative estimate of drug-likeness (QED) is 0.810. The number of hydrogen-bond acceptors (Lipinski definition) is 2. The van der Waals surface area contributed by atoms with E-state index in [1.54, 1.807) is 0 Å². The van der Waals surface area contributed by atoms with Gasteiger partial charge in [-0.15, -0.1) is 0 Å². The highest BCUT2D eigenvalue weighted by Crippen LogP contribution is 2.32. The van der Waals surface area contributed by atoms with Crippen molar-refractivity contribution in [3.8, 4) is 0 Å². The monoisotopic (exact) mass is 292 g/mol. The molecular weight excluding hydrogens is 272 g/mol. The van der Waals surface area contributed by atoms with Crippen LogP contribution in [0.25, 0.3) is 0 Å². The fraction of sp³-hybridized carbons (Fsp3) is 0.571. The average Bonchev–Trinajstić information content (AvgIpc) is 2.29. The molecule has 0 aliphatic heterocycles. The molecule has 0 radical (unpaired) electrons. The van der Waals surface area contributed by atoms with Gasteiger partial charge >= 0.3 is 6.18 Å². The molecule has 0 aromatic heterocycles. The van der Waals surface area contributed by atoms with Crippen molar-refractivity contribution in [2.45, 2.75) is 32.6 Å². The summed E-state index contributed by atoms with van der Waals surface area (Å²) in [5.74, 6) is -1.23. The first kappa shape index (κ1) is 16.9. The van der Waals surface area contributed by atoms with Gasteiger partial charge in [0.25, 0.3) is 0 Å². The zero-order valence-electron chi connectivity index (χ0n) is 11.9. The van der Waals surface area contributed by atoms with E-state index in [0.717, 1.165) is 18.7 Å². The smallest absolute Gasteiger partial charge is 0.313 e. The van der Waals surface area contributed by atoms with Crippen LogP contribution < -0.4 is 5.32 Å². The molecule has 1 aromatic rings. The van der Waals surface area contributed by atoms with E-state index in [4.69, 9.17) is 0 Å². The van der Waals surface area contributed by atoms with Crippen LogP contribution >= 0.6 is 0 Å². The zero-order chi connectivity index (χ0) is 15.3. The first-order chi connectivity index (χ1) is 9.20. The van der Waals surface area contributed by atoms with Crippen LogP contribution in [-0.2, 0) is 12.7 Å². The molecule has 0 amide bonds. The largest absolute Gasteiger partial charge is 0.419 e. The number of rotatable bonds is 6. The van der Waals surface area contributed by atoms with Crippen LogP contribution in [-0.4, -0.2) is 31.1 Å². The van der Waals surface area contributed by atoms with Gasteiger partial charge < -0.3 is 10.2 Å². The fourth-order valence-corrected chi connectivity index (χ4v) is 1.82. The second-order valence-corrected chi connectivity index (χ2v) is 5.16. The fourth-order valence-electron chi connectivity index (χ4n) is 1.82. The van der Waals surface area contributed by atoms with E-state index in [1.807, 2.05) is 25.8 Å². The first-order valence-electron chi connectivity index (χ1n) is 6.47. The lowest BCUT2D eigenvalue weighted by atomic mass is 10.1. The number of alkyl halides is 3. The van der Waals surface area contributed by atoms with Crippen LogP contribution in [0.2, 0.25) is 0 Å². The lowest BCUT2D eigenvalue weighted by molar-refractivity contribution is -0.140. The zero-order valence-corrected chi connectivity index (χ0v) is 11.9. The van der Waals surface area contributed by atoms with Crippen molar-refractivity contribution in [3.63, 3.8) is 0 Å². The minimum Gasteiger partial charge on any atom is -0.313 e. The molecule has 0 saturated carbocycles. The summed E-state index contributed by atoms with van der Waals surface area (Å²) in [5.41, 5.74) is -0.755. The van der Waals surface area contributed by atoms with Crippen molar-refractivity contribution >= 4 is 0 Å². The first-order valence-corrected chi connectivity index (χ1v) is 6.47. The number of nitrogens with zero attached hydrogens (tertiary/aromatic N) is 1. The lowest BCUT2D eigenvalue weighted by Crippen LogP contribution is -2.32. The van der Waals surface area contributed by atoms with E-state index in [-0.39, 0.29) is 0 Å². The molecule has 114 valence electrons.